The van der Waals surface area contributed by atoms with Gasteiger partial charge in [0.25, 0.3) is 0 Å². The third-order valence-electron chi connectivity index (χ3n) is 7.07. The molecule has 3 heterocycles. The van der Waals surface area contributed by atoms with Gasteiger partial charge in [0.1, 0.15) is 49.9 Å². The second kappa shape index (κ2) is 22.8. The van der Waals surface area contributed by atoms with Gasteiger partial charge >= 0.3 is 11.9 Å². The summed E-state index contributed by atoms with van der Waals surface area (Å²) in [5.74, 6) is -3.96. The Morgan fingerprint density at radius 1 is 0.554 bits per heavy atom. The van der Waals surface area contributed by atoms with E-state index in [0.29, 0.717) is 24.2 Å². The fourth-order valence-electron chi connectivity index (χ4n) is 4.09. The zero-order valence-electron chi connectivity index (χ0n) is 29.8. The first-order valence-corrected chi connectivity index (χ1v) is 16.7. The van der Waals surface area contributed by atoms with Crippen LogP contribution in [0.1, 0.15) is 23.3 Å². The second-order valence-corrected chi connectivity index (χ2v) is 11.1. The van der Waals surface area contributed by atoms with E-state index in [0.717, 1.165) is 12.2 Å². The molecule has 0 saturated heterocycles. The number of hydrogen-bond donors (Lipinski definition) is 8. The van der Waals surface area contributed by atoms with E-state index in [9.17, 15) is 30.0 Å². The highest BCUT2D eigenvalue weighted by Crippen LogP contribution is 2.28. The van der Waals surface area contributed by atoms with E-state index in [2.05, 4.69) is 31.9 Å². The Hall–Kier alpha value is -6.30. The monoisotopic (exact) mass is 790 g/mol. The number of esters is 2. The Morgan fingerprint density at radius 2 is 0.911 bits per heavy atom. The van der Waals surface area contributed by atoms with Crippen LogP contribution in [-0.2, 0) is 38.0 Å². The molecule has 0 amide bonds. The number of phenolic OH excluding ortho intramolecular Hbond substituents is 4. The molecule has 56 heavy (non-hydrogen) atoms. The van der Waals surface area contributed by atoms with Gasteiger partial charge < -0.3 is 80.7 Å². The molecule has 2 aromatic rings. The second-order valence-electron chi connectivity index (χ2n) is 11.1. The Kier molecular flexibility index (Phi) is 18.0. The molecule has 304 valence electrons. The van der Waals surface area contributed by atoms with Gasteiger partial charge in [-0.15, -0.1) is 20.5 Å². The van der Waals surface area contributed by atoms with Crippen LogP contribution >= 0.6 is 0 Å². The first-order valence-electron chi connectivity index (χ1n) is 16.7. The van der Waals surface area contributed by atoms with Crippen LogP contribution in [0.25, 0.3) is 0 Å². The molecule has 3 aliphatic heterocycles. The lowest BCUT2D eigenvalue weighted by molar-refractivity contribution is -0.385. The summed E-state index contributed by atoms with van der Waals surface area (Å²) in [5.41, 5.74) is 7.52. The number of hydrogen-bond acceptors (Lipinski definition) is 20. The van der Waals surface area contributed by atoms with Crippen molar-refractivity contribution < 1.29 is 90.3 Å². The number of quaternary nitrogens is 2. The van der Waals surface area contributed by atoms with Crippen LogP contribution in [-0.4, -0.2) is 109 Å². The zero-order chi connectivity index (χ0) is 41.0. The molecule has 22 nitrogen and oxygen atoms in total. The van der Waals surface area contributed by atoms with Crippen molar-refractivity contribution in [2.75, 3.05) is 65.9 Å². The Bertz CT molecular complexity index is 1710. The normalized spacial score (nSPS) is 19.2. The van der Waals surface area contributed by atoms with E-state index >= 15 is 0 Å². The molecule has 22 heteroatoms. The molecular weight excluding hydrogens is 748 g/mol. The van der Waals surface area contributed by atoms with Gasteiger partial charge in [0.2, 0.25) is 0 Å². The first-order chi connectivity index (χ1) is 26.8. The van der Waals surface area contributed by atoms with E-state index in [-0.39, 0.29) is 98.6 Å². The number of ether oxygens (including phenoxy) is 6. The summed E-state index contributed by atoms with van der Waals surface area (Å²) in [5, 5.41) is 92.7. The summed E-state index contributed by atoms with van der Waals surface area (Å²) in [6, 6.07) is 8.42. The van der Waals surface area contributed by atoms with E-state index in [1.165, 1.54) is 24.3 Å². The molecule has 2 unspecified atom stereocenters. The van der Waals surface area contributed by atoms with Crippen molar-refractivity contribution in [3.8, 4) is 23.0 Å². The van der Waals surface area contributed by atoms with Crippen molar-refractivity contribution in [3.63, 3.8) is 0 Å². The van der Waals surface area contributed by atoms with Crippen LogP contribution in [0.3, 0.4) is 0 Å². The summed E-state index contributed by atoms with van der Waals surface area (Å²) in [4.78, 5) is 23.8. The van der Waals surface area contributed by atoms with Crippen molar-refractivity contribution in [2.24, 2.45) is 20.5 Å². The average molecular weight is 791 g/mol. The molecule has 0 aliphatic carbocycles. The number of azo groups is 2. The Balaban J connectivity index is 0.000000285. The number of aliphatic hydroxyl groups is 2. The third-order valence-corrected chi connectivity index (χ3v) is 7.07. The number of cyclic esters (lactones) is 2. The number of allylic oxidation sites excluding steroid dienone is 2. The van der Waals surface area contributed by atoms with Crippen LogP contribution in [0, 0.1) is 0 Å². The van der Waals surface area contributed by atoms with Gasteiger partial charge in [0, 0.05) is 25.4 Å². The maximum atomic E-state index is 11.9. The van der Waals surface area contributed by atoms with E-state index < -0.39 is 36.0 Å². The summed E-state index contributed by atoms with van der Waals surface area (Å²) < 4.78 is 30.2. The molecular formula is C34H42N6O16. The topological polar surface area (TPSA) is 362 Å². The van der Waals surface area contributed by atoms with Gasteiger partial charge in [0.05, 0.1) is 38.3 Å². The minimum absolute atomic E-state index is 0.0263. The van der Waals surface area contributed by atoms with Crippen LogP contribution in [0.15, 0.2) is 104 Å². The highest BCUT2D eigenvalue weighted by atomic mass is 16.6. The first kappa shape index (κ1) is 44.1. The molecule has 12 N–H and O–H groups in total. The number of nitrogens with zero attached hydrogens (tertiary/aromatic N) is 4. The lowest BCUT2D eigenvalue weighted by atomic mass is 10.1. The number of benzene rings is 2. The summed E-state index contributed by atoms with van der Waals surface area (Å²) in [7, 11) is 0. The smallest absolute Gasteiger partial charge is 0.359 e. The maximum Gasteiger partial charge on any atom is 0.359 e. The quantitative estimate of drug-likeness (QED) is 0.119. The van der Waals surface area contributed by atoms with Crippen molar-refractivity contribution in [3.05, 3.63) is 94.4 Å². The molecule has 3 aliphatic rings. The Morgan fingerprint density at radius 3 is 1.25 bits per heavy atom. The highest BCUT2D eigenvalue weighted by Gasteiger charge is 2.19. The molecule has 2 aromatic carbocycles. The van der Waals surface area contributed by atoms with Crippen molar-refractivity contribution in [2.45, 2.75) is 12.2 Å². The van der Waals surface area contributed by atoms with Gasteiger partial charge in [-0.3, -0.25) is 0 Å². The fourth-order valence-corrected chi connectivity index (χ4v) is 4.09. The number of fused-ring (bicyclic) bond motifs is 2. The minimum Gasteiger partial charge on any atom is -0.609 e. The van der Waals surface area contributed by atoms with Gasteiger partial charge in [-0.25, -0.2) is 9.59 Å². The minimum atomic E-state index is -0.787. The summed E-state index contributed by atoms with van der Waals surface area (Å²) >= 11 is 0. The van der Waals surface area contributed by atoms with Gasteiger partial charge in [-0.05, 0) is 35.4 Å². The van der Waals surface area contributed by atoms with Crippen molar-refractivity contribution in [1.82, 2.24) is 0 Å². The summed E-state index contributed by atoms with van der Waals surface area (Å²) in [6.45, 7) is 0.378. The maximum absolute atomic E-state index is 11.9. The van der Waals surface area contributed by atoms with Crippen LogP contribution in [0.5, 0.6) is 23.0 Å². The highest BCUT2D eigenvalue weighted by molar-refractivity contribution is 5.89. The lowest BCUT2D eigenvalue weighted by Gasteiger charge is -2.18. The standard InChI is InChI=1S/C18H20N4O10.2C8H11NO3/c23-15-11-9-12(20-19-11)17(25)31-7-3-28-4-8-32-18(26)14-10-13(21-22-14)16(24)30-6-2-27-1-5-29-15;2*9-4-8(12)5-1-2-6(10)7(11)3-5/h9-10,23-24H,1-8H2;2*1-3,8,10-12H,4,9H2/b15-11-,16-13?;;. The molecule has 0 fully saturated rings. The van der Waals surface area contributed by atoms with E-state index in [4.69, 9.17) is 48.8 Å². The van der Waals surface area contributed by atoms with Crippen LogP contribution in [0.2, 0.25) is 0 Å². The van der Waals surface area contributed by atoms with Gasteiger partial charge in [-0.1, -0.05) is 12.1 Å². The van der Waals surface area contributed by atoms with Gasteiger partial charge in [-0.2, -0.15) is 0 Å². The molecule has 0 radical (unpaired) electrons. The molecule has 4 bridgehead atoms. The molecule has 0 spiro atoms. The molecule has 5 rings (SSSR count). The number of rotatable bonds is 4. The predicted molar refractivity (Wildman–Crippen MR) is 180 cm³/mol. The third kappa shape index (κ3) is 14.2. The summed E-state index contributed by atoms with van der Waals surface area (Å²) in [6.07, 6.45) is 0.911. The number of aliphatic hydroxyl groups excluding tert-OH is 2. The Labute approximate surface area is 318 Å². The van der Waals surface area contributed by atoms with Gasteiger partial charge in [0.15, 0.2) is 34.4 Å². The number of phenols is 4. The SMILES string of the molecule is O=C1OCCOCCOC(=O)C2=C/C(=C(\[O-])OCCOCCOC([O-])=C3C=C1N=N3)N=N2.[NH3+]CC(O)c1ccc(O)c(O)c1.[NH3+]CC(O)c1ccc(O)c(O)c1. The van der Waals surface area contributed by atoms with E-state index in [1.54, 1.807) is 12.1 Å². The van der Waals surface area contributed by atoms with Crippen molar-refractivity contribution in [1.29, 1.82) is 0 Å². The van der Waals surface area contributed by atoms with Crippen LogP contribution < -0.4 is 21.7 Å². The molecule has 0 saturated carbocycles. The zero-order valence-corrected chi connectivity index (χ0v) is 29.8. The number of carbonyl (C=O) groups is 2. The van der Waals surface area contributed by atoms with E-state index in [1.807, 2.05) is 0 Å². The lowest BCUT2D eigenvalue weighted by Crippen LogP contribution is -2.52. The molecule has 0 aromatic heterocycles. The largest absolute Gasteiger partial charge is 0.609 e. The predicted octanol–water partition coefficient (Wildman–Crippen LogP) is -2.34. The van der Waals surface area contributed by atoms with Crippen LogP contribution in [0.4, 0.5) is 0 Å². The average Bonchev–Trinajstić information content (AvgIpc) is 3.90. The fraction of sp³-hybridized carbons (Fsp3) is 0.353. The number of aromatic hydroxyl groups is 4. The molecule has 2 atom stereocenters. The number of carbonyl (C=O) groups excluding carboxylic acids is 2. The van der Waals surface area contributed by atoms with Crippen molar-refractivity contribution >= 4 is 11.9 Å².